The van der Waals surface area contributed by atoms with Crippen LogP contribution in [0.15, 0.2) is 47.6 Å². The van der Waals surface area contributed by atoms with Gasteiger partial charge in [0, 0.05) is 17.3 Å². The third kappa shape index (κ3) is 5.42. The van der Waals surface area contributed by atoms with Gasteiger partial charge in [0.2, 0.25) is 11.1 Å². The van der Waals surface area contributed by atoms with Crippen LogP contribution in [0, 0.1) is 0 Å². The molecule has 2 heterocycles. The van der Waals surface area contributed by atoms with Crippen LogP contribution in [0.4, 0.5) is 10.5 Å². The zero-order valence-electron chi connectivity index (χ0n) is 19.1. The van der Waals surface area contributed by atoms with Crippen LogP contribution in [-0.4, -0.2) is 45.8 Å². The standard InChI is InChI=1S/C23H26N6O4S/c1-23(2,3)15-6-4-14(5-7-15)20-27-28-22(29(20)24)34-13-19(30)26-21(31)25-16-8-9-17-18(12-16)33-11-10-32-17/h4-9,12H,10-11,13,24H2,1-3H3,(H2,25,26,30,31). The normalized spacial score (nSPS) is 12.8. The van der Waals surface area contributed by atoms with Crippen molar-refractivity contribution in [3.8, 4) is 22.9 Å². The summed E-state index contributed by atoms with van der Waals surface area (Å²) in [4.78, 5) is 24.4. The highest BCUT2D eigenvalue weighted by Gasteiger charge is 2.18. The monoisotopic (exact) mass is 482 g/mol. The van der Waals surface area contributed by atoms with E-state index in [9.17, 15) is 9.59 Å². The summed E-state index contributed by atoms with van der Waals surface area (Å²) in [5, 5.41) is 13.4. The van der Waals surface area contributed by atoms with Crippen LogP contribution in [-0.2, 0) is 10.2 Å². The summed E-state index contributed by atoms with van der Waals surface area (Å²) in [5.74, 6) is 7.21. The summed E-state index contributed by atoms with van der Waals surface area (Å²) in [6, 6.07) is 12.3. The molecule has 0 bridgehead atoms. The highest BCUT2D eigenvalue weighted by atomic mass is 32.2. The average molecular weight is 483 g/mol. The van der Waals surface area contributed by atoms with Crippen LogP contribution in [0.2, 0.25) is 0 Å². The van der Waals surface area contributed by atoms with Crippen molar-refractivity contribution in [3.05, 3.63) is 48.0 Å². The number of nitrogens with one attached hydrogen (secondary N) is 2. The molecule has 10 nitrogen and oxygen atoms in total. The SMILES string of the molecule is CC(C)(C)c1ccc(-c2nnc(SCC(=O)NC(=O)Nc3ccc4c(c3)OCCO4)n2N)cc1. The van der Waals surface area contributed by atoms with E-state index in [0.717, 1.165) is 17.3 Å². The highest BCUT2D eigenvalue weighted by Crippen LogP contribution is 2.32. The lowest BCUT2D eigenvalue weighted by Crippen LogP contribution is -2.35. The summed E-state index contributed by atoms with van der Waals surface area (Å²) in [6.07, 6.45) is 0. The minimum atomic E-state index is -0.656. The van der Waals surface area contributed by atoms with Gasteiger partial charge in [0.05, 0.1) is 5.75 Å². The predicted octanol–water partition coefficient (Wildman–Crippen LogP) is 3.17. The smallest absolute Gasteiger partial charge is 0.325 e. The Kier molecular flexibility index (Phi) is 6.64. The van der Waals surface area contributed by atoms with Crippen LogP contribution in [0.25, 0.3) is 11.4 Å². The van der Waals surface area contributed by atoms with Crippen molar-refractivity contribution in [2.75, 3.05) is 30.1 Å². The largest absolute Gasteiger partial charge is 0.486 e. The number of thioether (sulfide) groups is 1. The Morgan fingerprint density at radius 3 is 2.47 bits per heavy atom. The van der Waals surface area contributed by atoms with E-state index in [-0.39, 0.29) is 11.2 Å². The fraction of sp³-hybridized carbons (Fsp3) is 0.304. The van der Waals surface area contributed by atoms with E-state index in [1.807, 2.05) is 24.3 Å². The van der Waals surface area contributed by atoms with Gasteiger partial charge in [0.25, 0.3) is 0 Å². The fourth-order valence-corrected chi connectivity index (χ4v) is 3.92. The predicted molar refractivity (Wildman–Crippen MR) is 130 cm³/mol. The molecule has 1 aliphatic rings. The number of carbonyl (C=O) groups is 2. The van der Waals surface area contributed by atoms with Crippen LogP contribution in [0.3, 0.4) is 0 Å². The number of nitrogens with two attached hydrogens (primary N) is 1. The summed E-state index contributed by atoms with van der Waals surface area (Å²) in [5.41, 5.74) is 2.53. The number of anilines is 1. The lowest BCUT2D eigenvalue weighted by atomic mass is 9.87. The van der Waals surface area contributed by atoms with Crippen molar-refractivity contribution < 1.29 is 19.1 Å². The van der Waals surface area contributed by atoms with Crippen LogP contribution < -0.4 is 25.9 Å². The average Bonchev–Trinajstić information content (AvgIpc) is 3.17. The number of nitrogens with zero attached hydrogens (tertiary/aromatic N) is 3. The number of ether oxygens (including phenoxy) is 2. The third-order valence-corrected chi connectivity index (χ3v) is 6.00. The summed E-state index contributed by atoms with van der Waals surface area (Å²) in [7, 11) is 0. The van der Waals surface area contributed by atoms with Gasteiger partial charge in [0.15, 0.2) is 17.3 Å². The second-order valence-electron chi connectivity index (χ2n) is 8.65. The molecule has 4 rings (SSSR count). The molecular formula is C23H26N6O4S. The molecule has 4 N–H and O–H groups in total. The van der Waals surface area contributed by atoms with Gasteiger partial charge >= 0.3 is 6.03 Å². The van der Waals surface area contributed by atoms with E-state index < -0.39 is 11.9 Å². The number of hydrogen-bond donors (Lipinski definition) is 3. The first-order valence-corrected chi connectivity index (χ1v) is 11.6. The molecule has 34 heavy (non-hydrogen) atoms. The molecule has 3 aromatic rings. The number of rotatable bonds is 5. The van der Waals surface area contributed by atoms with E-state index in [1.165, 1.54) is 10.2 Å². The Hall–Kier alpha value is -3.73. The number of aromatic nitrogens is 3. The number of carbonyl (C=O) groups excluding carboxylic acids is 2. The van der Waals surface area contributed by atoms with Crippen molar-refractivity contribution >= 4 is 29.4 Å². The van der Waals surface area contributed by atoms with Crippen molar-refractivity contribution in [2.24, 2.45) is 0 Å². The van der Waals surface area contributed by atoms with Crippen LogP contribution in [0.1, 0.15) is 26.3 Å². The Morgan fingerprint density at radius 1 is 1.06 bits per heavy atom. The highest BCUT2D eigenvalue weighted by molar-refractivity contribution is 7.99. The van der Waals surface area contributed by atoms with Gasteiger partial charge in [-0.05, 0) is 23.1 Å². The number of hydrogen-bond acceptors (Lipinski definition) is 8. The first-order chi connectivity index (χ1) is 16.2. The van der Waals surface area contributed by atoms with E-state index in [4.69, 9.17) is 15.3 Å². The number of urea groups is 1. The Bertz CT molecular complexity index is 1200. The summed E-state index contributed by atoms with van der Waals surface area (Å²) < 4.78 is 12.3. The quantitative estimate of drug-likeness (QED) is 0.373. The zero-order chi connectivity index (χ0) is 24.3. The molecule has 1 aromatic heterocycles. The Labute approximate surface area is 201 Å². The number of fused-ring (bicyclic) bond motifs is 1. The molecule has 0 fully saturated rings. The Balaban J connectivity index is 1.31. The maximum atomic E-state index is 12.2. The van der Waals surface area contributed by atoms with Gasteiger partial charge in [-0.2, -0.15) is 0 Å². The van der Waals surface area contributed by atoms with Gasteiger partial charge in [-0.15, -0.1) is 10.2 Å². The maximum absolute atomic E-state index is 12.2. The third-order valence-electron chi connectivity index (χ3n) is 5.06. The number of amides is 3. The minimum Gasteiger partial charge on any atom is -0.486 e. The van der Waals surface area contributed by atoms with Crippen molar-refractivity contribution in [3.63, 3.8) is 0 Å². The van der Waals surface area contributed by atoms with Gasteiger partial charge in [-0.25, -0.2) is 9.47 Å². The van der Waals surface area contributed by atoms with Gasteiger partial charge in [-0.1, -0.05) is 56.8 Å². The van der Waals surface area contributed by atoms with Crippen molar-refractivity contribution in [1.82, 2.24) is 20.2 Å². The maximum Gasteiger partial charge on any atom is 0.325 e. The lowest BCUT2D eigenvalue weighted by molar-refractivity contribution is -0.117. The second-order valence-corrected chi connectivity index (χ2v) is 9.60. The minimum absolute atomic E-state index is 0.0394. The molecule has 1 aliphatic heterocycles. The molecule has 0 saturated heterocycles. The molecule has 11 heteroatoms. The van der Waals surface area contributed by atoms with Crippen molar-refractivity contribution in [2.45, 2.75) is 31.3 Å². The van der Waals surface area contributed by atoms with Gasteiger partial charge < -0.3 is 20.6 Å². The second kappa shape index (κ2) is 9.64. The summed E-state index contributed by atoms with van der Waals surface area (Å²) >= 11 is 1.08. The molecule has 3 amide bonds. The topological polar surface area (TPSA) is 133 Å². The van der Waals surface area contributed by atoms with E-state index in [1.54, 1.807) is 18.2 Å². The molecule has 178 valence electrons. The molecule has 0 saturated carbocycles. The lowest BCUT2D eigenvalue weighted by Gasteiger charge is -2.19. The summed E-state index contributed by atoms with van der Waals surface area (Å²) in [6.45, 7) is 7.35. The molecule has 0 aliphatic carbocycles. The van der Waals surface area contributed by atoms with Crippen LogP contribution >= 0.6 is 11.8 Å². The molecule has 0 spiro atoms. The number of nitrogen functional groups attached to an aromatic ring is 1. The Morgan fingerprint density at radius 2 is 1.76 bits per heavy atom. The molecule has 0 atom stereocenters. The fourth-order valence-electron chi connectivity index (χ4n) is 3.27. The van der Waals surface area contributed by atoms with Gasteiger partial charge in [-0.3, -0.25) is 10.1 Å². The zero-order valence-corrected chi connectivity index (χ0v) is 19.9. The molecule has 0 radical (unpaired) electrons. The first-order valence-electron chi connectivity index (χ1n) is 10.7. The number of imide groups is 1. The van der Waals surface area contributed by atoms with Gasteiger partial charge in [0.1, 0.15) is 13.2 Å². The molecular weight excluding hydrogens is 456 g/mol. The van der Waals surface area contributed by atoms with Crippen LogP contribution in [0.5, 0.6) is 11.5 Å². The first kappa shape index (κ1) is 23.4. The molecule has 2 aromatic carbocycles. The van der Waals surface area contributed by atoms with Crippen molar-refractivity contribution in [1.29, 1.82) is 0 Å². The molecule has 0 unspecified atom stereocenters. The van der Waals surface area contributed by atoms with E-state index >= 15 is 0 Å². The van der Waals surface area contributed by atoms with E-state index in [2.05, 4.69) is 41.6 Å². The number of benzene rings is 2. The van der Waals surface area contributed by atoms with E-state index in [0.29, 0.717) is 41.4 Å².